The van der Waals surface area contributed by atoms with Gasteiger partial charge in [0, 0.05) is 17.8 Å². The number of hydrogen-bond acceptors (Lipinski definition) is 3. The van der Waals surface area contributed by atoms with Crippen molar-refractivity contribution in [1.82, 2.24) is 9.78 Å². The lowest BCUT2D eigenvalue weighted by Gasteiger charge is -2.19. The minimum absolute atomic E-state index is 0.0704. The first-order chi connectivity index (χ1) is 10.7. The Kier molecular flexibility index (Phi) is 6.42. The van der Waals surface area contributed by atoms with Crippen molar-refractivity contribution in [3.63, 3.8) is 0 Å². The molecule has 0 radical (unpaired) electrons. The highest BCUT2D eigenvalue weighted by Gasteiger charge is 2.17. The molecule has 4 nitrogen and oxygen atoms in total. The second kappa shape index (κ2) is 7.85. The molecule has 0 atom stereocenters. The van der Waals surface area contributed by atoms with Gasteiger partial charge >= 0.3 is 5.97 Å². The van der Waals surface area contributed by atoms with Gasteiger partial charge in [0.1, 0.15) is 5.60 Å². The van der Waals surface area contributed by atoms with Gasteiger partial charge < -0.3 is 4.74 Å². The molecule has 1 aromatic heterocycles. The molecule has 0 aliphatic heterocycles. The van der Waals surface area contributed by atoms with Crippen LogP contribution in [0, 0.1) is 11.6 Å². The maximum Gasteiger partial charge on any atom is 0.310 e. The van der Waals surface area contributed by atoms with E-state index >= 15 is 0 Å². The van der Waals surface area contributed by atoms with Gasteiger partial charge in [-0.05, 0) is 32.9 Å². The predicted octanol–water partition coefficient (Wildman–Crippen LogP) is 4.06. The normalized spacial score (nSPS) is 10.7. The number of aromatic nitrogens is 2. The molecule has 1 heterocycles. The summed E-state index contributed by atoms with van der Waals surface area (Å²) in [5.41, 5.74) is 0.464. The van der Waals surface area contributed by atoms with Crippen molar-refractivity contribution in [2.24, 2.45) is 0 Å². The quantitative estimate of drug-likeness (QED) is 0.800. The predicted molar refractivity (Wildman–Crippen MR) is 84.4 cm³/mol. The Morgan fingerprint density at radius 3 is 2.43 bits per heavy atom. The molecule has 0 amide bonds. The maximum atomic E-state index is 13.2. The van der Waals surface area contributed by atoms with E-state index in [4.69, 9.17) is 4.74 Å². The van der Waals surface area contributed by atoms with Crippen molar-refractivity contribution in [1.29, 1.82) is 0 Å². The highest BCUT2D eigenvalue weighted by atomic mass is 19.2. The van der Waals surface area contributed by atoms with Gasteiger partial charge in [0.05, 0.1) is 18.3 Å². The van der Waals surface area contributed by atoms with E-state index in [2.05, 4.69) is 5.10 Å². The van der Waals surface area contributed by atoms with Crippen LogP contribution in [0.1, 0.15) is 40.2 Å². The summed E-state index contributed by atoms with van der Waals surface area (Å²) in [5, 5.41) is 4.03. The number of ether oxygens (including phenoxy) is 1. The molecule has 0 fully saturated rings. The summed E-state index contributed by atoms with van der Waals surface area (Å²) in [6, 6.07) is 3.47. The lowest BCUT2D eigenvalue weighted by Crippen LogP contribution is -2.24. The molecule has 0 bridgehead atoms. The Hall–Kier alpha value is -2.24. The fourth-order valence-corrected chi connectivity index (χ4v) is 1.76. The van der Waals surface area contributed by atoms with E-state index in [1.807, 2.05) is 13.8 Å². The zero-order valence-corrected chi connectivity index (χ0v) is 14.1. The Morgan fingerprint density at radius 2 is 1.87 bits per heavy atom. The molecule has 23 heavy (non-hydrogen) atoms. The van der Waals surface area contributed by atoms with Crippen LogP contribution in [0.15, 0.2) is 30.6 Å². The summed E-state index contributed by atoms with van der Waals surface area (Å²) >= 11 is 0. The highest BCUT2D eigenvalue weighted by Crippen LogP contribution is 2.14. The summed E-state index contributed by atoms with van der Waals surface area (Å²) in [4.78, 5) is 11.7. The number of carbonyl (C=O) groups excluding carboxylic acids is 1. The first kappa shape index (κ1) is 18.8. The topological polar surface area (TPSA) is 44.1 Å². The molecule has 0 aliphatic carbocycles. The zero-order valence-electron chi connectivity index (χ0n) is 14.1. The minimum atomic E-state index is -0.948. The van der Waals surface area contributed by atoms with Crippen molar-refractivity contribution in [3.8, 4) is 5.69 Å². The number of hydrogen-bond donors (Lipinski definition) is 0. The van der Waals surface area contributed by atoms with Crippen LogP contribution in [0.4, 0.5) is 8.78 Å². The van der Waals surface area contributed by atoms with E-state index in [1.54, 1.807) is 27.0 Å². The standard InChI is InChI=1S/C15H16F2N2O2.C2H6/c1-15(2,3)21-14(20)6-10-8-18-19(9-10)11-4-5-12(16)13(17)7-11;1-2/h4-5,7-9H,6H2,1-3H3;1-2H3. The van der Waals surface area contributed by atoms with Crippen LogP contribution >= 0.6 is 0 Å². The second-order valence-corrected chi connectivity index (χ2v) is 5.65. The molecule has 0 spiro atoms. The molecule has 0 saturated heterocycles. The lowest BCUT2D eigenvalue weighted by atomic mass is 10.2. The molecular formula is C17H22F2N2O2. The fraction of sp³-hybridized carbons (Fsp3) is 0.412. The van der Waals surface area contributed by atoms with Gasteiger partial charge in [-0.2, -0.15) is 5.10 Å². The Bertz CT molecular complexity index is 661. The average Bonchev–Trinajstić information content (AvgIpc) is 2.90. The van der Waals surface area contributed by atoms with Crippen LogP contribution in [0.5, 0.6) is 0 Å². The van der Waals surface area contributed by atoms with E-state index in [1.165, 1.54) is 16.9 Å². The third-order valence-electron chi connectivity index (χ3n) is 2.57. The van der Waals surface area contributed by atoms with E-state index in [0.717, 1.165) is 12.1 Å². The number of halogens is 2. The Morgan fingerprint density at radius 1 is 1.22 bits per heavy atom. The number of nitrogens with zero attached hydrogens (tertiary/aromatic N) is 2. The van der Waals surface area contributed by atoms with Gasteiger partial charge in [0.15, 0.2) is 11.6 Å². The lowest BCUT2D eigenvalue weighted by molar-refractivity contribution is -0.153. The molecule has 2 rings (SSSR count). The molecule has 0 N–H and O–H groups in total. The van der Waals surface area contributed by atoms with Crippen LogP contribution < -0.4 is 0 Å². The van der Waals surface area contributed by atoms with Gasteiger partial charge in [0.2, 0.25) is 0 Å². The van der Waals surface area contributed by atoms with Crippen molar-refractivity contribution < 1.29 is 18.3 Å². The average molecular weight is 324 g/mol. The van der Waals surface area contributed by atoms with Crippen molar-refractivity contribution in [2.45, 2.75) is 46.6 Å². The highest BCUT2D eigenvalue weighted by molar-refractivity contribution is 5.72. The second-order valence-electron chi connectivity index (χ2n) is 5.65. The SMILES string of the molecule is CC.CC(C)(C)OC(=O)Cc1cnn(-c2ccc(F)c(F)c2)c1. The number of esters is 1. The number of carbonyl (C=O) groups is 1. The summed E-state index contributed by atoms with van der Waals surface area (Å²) in [7, 11) is 0. The van der Waals surface area contributed by atoms with Gasteiger partial charge in [-0.25, -0.2) is 13.5 Å². The minimum Gasteiger partial charge on any atom is -0.460 e. The summed E-state index contributed by atoms with van der Waals surface area (Å²) in [6.45, 7) is 9.36. The molecule has 126 valence electrons. The molecular weight excluding hydrogens is 302 g/mol. The fourth-order valence-electron chi connectivity index (χ4n) is 1.76. The third-order valence-corrected chi connectivity index (χ3v) is 2.57. The number of rotatable bonds is 3. The summed E-state index contributed by atoms with van der Waals surface area (Å²) in [6.07, 6.45) is 3.14. The smallest absolute Gasteiger partial charge is 0.310 e. The van der Waals surface area contributed by atoms with Gasteiger partial charge in [-0.15, -0.1) is 0 Å². The first-order valence-electron chi connectivity index (χ1n) is 7.45. The summed E-state index contributed by atoms with van der Waals surface area (Å²) in [5.74, 6) is -2.23. The van der Waals surface area contributed by atoms with Gasteiger partial charge in [0.25, 0.3) is 0 Å². The van der Waals surface area contributed by atoms with E-state index in [-0.39, 0.29) is 12.4 Å². The molecule has 6 heteroatoms. The monoisotopic (exact) mass is 324 g/mol. The Labute approximate surface area is 135 Å². The maximum absolute atomic E-state index is 13.2. The van der Waals surface area contributed by atoms with Crippen molar-refractivity contribution in [2.75, 3.05) is 0 Å². The van der Waals surface area contributed by atoms with Crippen LogP contribution in [0.3, 0.4) is 0 Å². The van der Waals surface area contributed by atoms with Crippen molar-refractivity contribution >= 4 is 5.97 Å². The van der Waals surface area contributed by atoms with E-state index in [9.17, 15) is 13.6 Å². The van der Waals surface area contributed by atoms with E-state index < -0.39 is 17.2 Å². The molecule has 0 aliphatic rings. The van der Waals surface area contributed by atoms with Crippen molar-refractivity contribution in [3.05, 3.63) is 47.8 Å². The van der Waals surface area contributed by atoms with Crippen LogP contribution in [-0.2, 0) is 16.0 Å². The zero-order chi connectivity index (χ0) is 17.6. The first-order valence-corrected chi connectivity index (χ1v) is 7.45. The molecule has 0 saturated carbocycles. The van der Waals surface area contributed by atoms with Crippen LogP contribution in [0.25, 0.3) is 5.69 Å². The largest absolute Gasteiger partial charge is 0.460 e. The van der Waals surface area contributed by atoms with Crippen LogP contribution in [0.2, 0.25) is 0 Å². The summed E-state index contributed by atoms with van der Waals surface area (Å²) < 4.78 is 32.6. The van der Waals surface area contributed by atoms with Gasteiger partial charge in [-0.1, -0.05) is 13.8 Å². The molecule has 1 aromatic carbocycles. The van der Waals surface area contributed by atoms with E-state index in [0.29, 0.717) is 11.3 Å². The molecule has 2 aromatic rings. The molecule has 0 unspecified atom stereocenters. The van der Waals surface area contributed by atoms with Crippen LogP contribution in [-0.4, -0.2) is 21.4 Å². The van der Waals surface area contributed by atoms with Gasteiger partial charge in [-0.3, -0.25) is 4.79 Å². The Balaban J connectivity index is 0.00000127. The third kappa shape index (κ3) is 5.81. The number of benzene rings is 1.